The molecule has 1 aliphatic rings. The molecular weight excluding hydrogens is 381 g/mol. The summed E-state index contributed by atoms with van der Waals surface area (Å²) < 4.78 is 63.9. The quantitative estimate of drug-likeness (QED) is 0.823. The average molecular weight is 399 g/mol. The van der Waals surface area contributed by atoms with Crippen molar-refractivity contribution in [3.05, 3.63) is 54.0 Å². The zero-order valence-electron chi connectivity index (χ0n) is 14.0. The van der Waals surface area contributed by atoms with E-state index in [2.05, 4.69) is 10.3 Å². The normalized spacial score (nSPS) is 19.4. The van der Waals surface area contributed by atoms with E-state index in [9.17, 15) is 21.2 Å². The number of pyridine rings is 1. The zero-order valence-corrected chi connectivity index (χ0v) is 15.6. The molecule has 2 aromatic rings. The zero-order chi connectivity index (χ0) is 18.9. The third kappa shape index (κ3) is 3.78. The Hall–Kier alpha value is -1.88. The molecule has 1 aromatic heterocycles. The topological polar surface area (TPSA) is 96.4 Å². The van der Waals surface area contributed by atoms with E-state index in [0.29, 0.717) is 18.7 Å². The number of piperazine rings is 1. The minimum atomic E-state index is -3.92. The van der Waals surface area contributed by atoms with Gasteiger partial charge in [0, 0.05) is 32.1 Å². The molecule has 0 bridgehead atoms. The van der Waals surface area contributed by atoms with Gasteiger partial charge in [0.25, 0.3) is 0 Å². The molecule has 1 fully saturated rings. The van der Waals surface area contributed by atoms with Gasteiger partial charge in [-0.25, -0.2) is 26.2 Å². The molecule has 0 saturated carbocycles. The van der Waals surface area contributed by atoms with Gasteiger partial charge in [-0.05, 0) is 29.8 Å². The fourth-order valence-corrected chi connectivity index (χ4v) is 4.96. The Morgan fingerprint density at radius 3 is 2.58 bits per heavy atom. The van der Waals surface area contributed by atoms with E-state index in [1.165, 1.54) is 34.6 Å². The summed E-state index contributed by atoms with van der Waals surface area (Å²) in [5.41, 5.74) is 0.543. The van der Waals surface area contributed by atoms with Crippen LogP contribution in [0.5, 0.6) is 0 Å². The second kappa shape index (κ2) is 7.03. The molecule has 1 aliphatic heterocycles. The number of aromatic nitrogens is 1. The molecule has 1 aromatic carbocycles. The molecule has 1 unspecified atom stereocenters. The second-order valence-electron chi connectivity index (χ2n) is 5.99. The Morgan fingerprint density at radius 2 is 1.96 bits per heavy atom. The number of sulfonamides is 1. The average Bonchev–Trinajstić information content (AvgIpc) is 2.61. The van der Waals surface area contributed by atoms with Crippen molar-refractivity contribution in [3.8, 4) is 0 Å². The molecule has 7 nitrogen and oxygen atoms in total. The number of hydrogen-bond donors (Lipinski definition) is 1. The van der Waals surface area contributed by atoms with Crippen molar-refractivity contribution < 1.29 is 21.2 Å². The molecule has 26 heavy (non-hydrogen) atoms. The summed E-state index contributed by atoms with van der Waals surface area (Å²) in [6, 6.07) is 7.64. The van der Waals surface area contributed by atoms with Gasteiger partial charge in [-0.1, -0.05) is 12.1 Å². The maximum absolute atomic E-state index is 13.6. The minimum Gasteiger partial charge on any atom is -0.313 e. The van der Waals surface area contributed by atoms with Gasteiger partial charge in [-0.3, -0.25) is 0 Å². The number of hydrogen-bond acceptors (Lipinski definition) is 6. The highest BCUT2D eigenvalue weighted by atomic mass is 32.2. The summed E-state index contributed by atoms with van der Waals surface area (Å²) in [5, 5.41) is 2.92. The van der Waals surface area contributed by atoms with E-state index in [4.69, 9.17) is 0 Å². The molecule has 0 amide bonds. The molecule has 1 N–H and O–H groups in total. The van der Waals surface area contributed by atoms with Gasteiger partial charge in [0.05, 0.1) is 6.04 Å². The van der Waals surface area contributed by atoms with E-state index >= 15 is 0 Å². The maximum atomic E-state index is 13.6. The molecular formula is C16H18FN3O4S2. The SMILES string of the molecule is CS(=O)(=O)c1ccc(S(=O)(=O)N2CCNCC2c2cccc(F)c2)cn1. The predicted octanol–water partition coefficient (Wildman–Crippen LogP) is 0.959. The lowest BCUT2D eigenvalue weighted by Gasteiger charge is -2.35. The molecule has 1 saturated heterocycles. The van der Waals surface area contributed by atoms with Crippen LogP contribution in [0.15, 0.2) is 52.5 Å². The van der Waals surface area contributed by atoms with Gasteiger partial charge >= 0.3 is 0 Å². The van der Waals surface area contributed by atoms with Crippen LogP contribution < -0.4 is 5.32 Å². The molecule has 0 aliphatic carbocycles. The van der Waals surface area contributed by atoms with Crippen molar-refractivity contribution in [2.75, 3.05) is 25.9 Å². The Kier molecular flexibility index (Phi) is 5.11. The Bertz CT molecular complexity index is 1010. The lowest BCUT2D eigenvalue weighted by Crippen LogP contribution is -2.48. The lowest BCUT2D eigenvalue weighted by atomic mass is 10.1. The number of rotatable bonds is 4. The van der Waals surface area contributed by atoms with Crippen LogP contribution >= 0.6 is 0 Å². The van der Waals surface area contributed by atoms with Crippen LogP contribution in [0.3, 0.4) is 0 Å². The van der Waals surface area contributed by atoms with Gasteiger partial charge in [-0.2, -0.15) is 4.31 Å². The third-order valence-corrected chi connectivity index (χ3v) is 7.02. The molecule has 3 rings (SSSR count). The van der Waals surface area contributed by atoms with Gasteiger partial charge < -0.3 is 5.32 Å². The van der Waals surface area contributed by atoms with Crippen molar-refractivity contribution in [2.45, 2.75) is 16.0 Å². The van der Waals surface area contributed by atoms with Crippen molar-refractivity contribution in [1.29, 1.82) is 0 Å². The van der Waals surface area contributed by atoms with Gasteiger partial charge in [0.15, 0.2) is 14.9 Å². The van der Waals surface area contributed by atoms with Crippen LogP contribution in [-0.2, 0) is 19.9 Å². The number of benzene rings is 1. The highest BCUT2D eigenvalue weighted by Crippen LogP contribution is 2.29. The molecule has 140 valence electrons. The van der Waals surface area contributed by atoms with Gasteiger partial charge in [0.2, 0.25) is 10.0 Å². The third-order valence-electron chi connectivity index (χ3n) is 4.12. The summed E-state index contributed by atoms with van der Waals surface area (Å²) in [6.07, 6.45) is 2.04. The van der Waals surface area contributed by atoms with Crippen LogP contribution in [0.4, 0.5) is 4.39 Å². The van der Waals surface area contributed by atoms with E-state index in [1.54, 1.807) is 6.07 Å². The fourth-order valence-electron chi connectivity index (χ4n) is 2.85. The molecule has 2 heterocycles. The minimum absolute atomic E-state index is 0.104. The van der Waals surface area contributed by atoms with Crippen LogP contribution in [0.25, 0.3) is 0 Å². The van der Waals surface area contributed by atoms with Crippen LogP contribution in [0.1, 0.15) is 11.6 Å². The van der Waals surface area contributed by atoms with Gasteiger partial charge in [0.1, 0.15) is 10.7 Å². The van der Waals surface area contributed by atoms with Gasteiger partial charge in [-0.15, -0.1) is 0 Å². The fraction of sp³-hybridized carbons (Fsp3) is 0.312. The van der Waals surface area contributed by atoms with Crippen molar-refractivity contribution >= 4 is 19.9 Å². The first kappa shape index (κ1) is 18.9. The first-order chi connectivity index (χ1) is 12.2. The van der Waals surface area contributed by atoms with Crippen LogP contribution in [0.2, 0.25) is 0 Å². The Balaban J connectivity index is 1.98. The maximum Gasteiger partial charge on any atom is 0.245 e. The van der Waals surface area contributed by atoms with Crippen molar-refractivity contribution in [2.24, 2.45) is 0 Å². The summed E-state index contributed by atoms with van der Waals surface area (Å²) >= 11 is 0. The highest BCUT2D eigenvalue weighted by Gasteiger charge is 2.34. The first-order valence-corrected chi connectivity index (χ1v) is 11.2. The number of nitrogens with zero attached hydrogens (tertiary/aromatic N) is 2. The Labute approximate surface area is 151 Å². The largest absolute Gasteiger partial charge is 0.313 e. The summed E-state index contributed by atoms with van der Waals surface area (Å²) in [4.78, 5) is 3.65. The summed E-state index contributed by atoms with van der Waals surface area (Å²) in [6.45, 7) is 1.01. The summed E-state index contributed by atoms with van der Waals surface area (Å²) in [5.74, 6) is -0.440. The monoisotopic (exact) mass is 399 g/mol. The first-order valence-electron chi connectivity index (χ1n) is 7.84. The standard InChI is InChI=1S/C16H18FN3O4S2/c1-25(21,22)16-6-5-14(10-19-16)26(23,24)20-8-7-18-11-15(20)12-3-2-4-13(17)9-12/h2-6,9-10,15,18H,7-8,11H2,1H3. The second-order valence-corrected chi connectivity index (χ2v) is 9.85. The van der Waals surface area contributed by atoms with Crippen LogP contribution in [-0.4, -0.2) is 52.0 Å². The Morgan fingerprint density at radius 1 is 1.19 bits per heavy atom. The summed E-state index contributed by atoms with van der Waals surface area (Å²) in [7, 11) is -7.44. The molecule has 0 spiro atoms. The number of sulfone groups is 1. The smallest absolute Gasteiger partial charge is 0.245 e. The van der Waals surface area contributed by atoms with Crippen molar-refractivity contribution in [1.82, 2.24) is 14.6 Å². The highest BCUT2D eigenvalue weighted by molar-refractivity contribution is 7.90. The number of nitrogens with one attached hydrogen (secondary N) is 1. The lowest BCUT2D eigenvalue weighted by molar-refractivity contribution is 0.271. The van der Waals surface area contributed by atoms with E-state index < -0.39 is 31.7 Å². The molecule has 0 radical (unpaired) electrons. The molecule has 1 atom stereocenters. The van der Waals surface area contributed by atoms with Crippen LogP contribution in [0, 0.1) is 5.82 Å². The predicted molar refractivity (Wildman–Crippen MR) is 93.2 cm³/mol. The molecule has 10 heteroatoms. The van der Waals surface area contributed by atoms with E-state index in [0.717, 1.165) is 12.5 Å². The van der Waals surface area contributed by atoms with E-state index in [-0.39, 0.29) is 16.5 Å². The van der Waals surface area contributed by atoms with Crippen molar-refractivity contribution in [3.63, 3.8) is 0 Å². The number of halogens is 1. The van der Waals surface area contributed by atoms with E-state index in [1.807, 2.05) is 0 Å².